The highest BCUT2D eigenvalue weighted by atomic mass is 31.2. The van der Waals surface area contributed by atoms with Crippen molar-refractivity contribution in [2.24, 2.45) is 5.92 Å². The van der Waals surface area contributed by atoms with Crippen LogP contribution in [0.3, 0.4) is 0 Å². The first kappa shape index (κ1) is 93.1. The first-order valence-electron chi connectivity index (χ1n) is 39.6. The van der Waals surface area contributed by atoms with E-state index >= 15 is 0 Å². The van der Waals surface area contributed by atoms with Gasteiger partial charge in [-0.2, -0.15) is 0 Å². The van der Waals surface area contributed by atoms with Crippen LogP contribution in [0.4, 0.5) is 0 Å². The van der Waals surface area contributed by atoms with Crippen LogP contribution in [0.15, 0.2) is 0 Å². The molecule has 0 rings (SSSR count). The summed E-state index contributed by atoms with van der Waals surface area (Å²) in [7, 11) is -9.91. The number of ether oxygens (including phenoxy) is 4. The molecule has 0 amide bonds. The zero-order valence-corrected chi connectivity index (χ0v) is 63.6. The summed E-state index contributed by atoms with van der Waals surface area (Å²) >= 11 is 0. The van der Waals surface area contributed by atoms with Gasteiger partial charge in [0, 0.05) is 25.7 Å². The summed E-state index contributed by atoms with van der Waals surface area (Å²) in [6.07, 6.45) is 58.2. The first-order valence-corrected chi connectivity index (χ1v) is 42.6. The van der Waals surface area contributed by atoms with Crippen molar-refractivity contribution in [3.05, 3.63) is 0 Å². The zero-order valence-electron chi connectivity index (χ0n) is 61.8. The molecule has 0 aromatic heterocycles. The molecule has 0 aliphatic carbocycles. The summed E-state index contributed by atoms with van der Waals surface area (Å²) < 4.78 is 68.5. The van der Waals surface area contributed by atoms with Crippen LogP contribution in [0, 0.1) is 5.92 Å². The van der Waals surface area contributed by atoms with Crippen molar-refractivity contribution in [1.82, 2.24) is 0 Å². The van der Waals surface area contributed by atoms with E-state index in [0.29, 0.717) is 25.7 Å². The topological polar surface area (TPSA) is 237 Å². The van der Waals surface area contributed by atoms with Crippen LogP contribution in [0.25, 0.3) is 0 Å². The fourth-order valence-electron chi connectivity index (χ4n) is 11.7. The third-order valence-corrected chi connectivity index (χ3v) is 19.7. The summed E-state index contributed by atoms with van der Waals surface area (Å²) in [5.74, 6) is -1.33. The Bertz CT molecular complexity index is 1820. The molecular weight excluding hydrogens is 1250 g/mol. The van der Waals surface area contributed by atoms with E-state index in [1.807, 2.05) is 0 Å². The van der Waals surface area contributed by atoms with Gasteiger partial charge in [-0.15, -0.1) is 0 Å². The van der Waals surface area contributed by atoms with E-state index in [-0.39, 0.29) is 25.7 Å². The lowest BCUT2D eigenvalue weighted by molar-refractivity contribution is -0.161. The second-order valence-electron chi connectivity index (χ2n) is 27.9. The number of carbonyl (C=O) groups excluding carboxylic acids is 4. The fraction of sp³-hybridized carbons (Fsp3) is 0.947. The van der Waals surface area contributed by atoms with Gasteiger partial charge in [-0.3, -0.25) is 37.3 Å². The molecule has 0 aliphatic heterocycles. The number of aliphatic hydroxyl groups is 1. The van der Waals surface area contributed by atoms with Crippen LogP contribution in [0.2, 0.25) is 0 Å². The molecule has 3 N–H and O–H groups in total. The van der Waals surface area contributed by atoms with Gasteiger partial charge in [0.25, 0.3) is 0 Å². The van der Waals surface area contributed by atoms with Crippen molar-refractivity contribution in [1.29, 1.82) is 0 Å². The number of rotatable bonds is 76. The average molecular weight is 1400 g/mol. The number of aliphatic hydroxyl groups excluding tert-OH is 1. The maximum Gasteiger partial charge on any atom is 0.472 e. The number of hydrogen-bond donors (Lipinski definition) is 3. The van der Waals surface area contributed by atoms with E-state index in [0.717, 1.165) is 102 Å². The molecule has 564 valence electrons. The van der Waals surface area contributed by atoms with Gasteiger partial charge in [0.1, 0.15) is 19.3 Å². The van der Waals surface area contributed by atoms with Gasteiger partial charge < -0.3 is 33.8 Å². The second-order valence-corrected chi connectivity index (χ2v) is 30.8. The first-order chi connectivity index (χ1) is 46.0. The minimum Gasteiger partial charge on any atom is -0.462 e. The Morgan fingerprint density at radius 3 is 0.716 bits per heavy atom. The summed E-state index contributed by atoms with van der Waals surface area (Å²) in [6, 6.07) is 0. The summed E-state index contributed by atoms with van der Waals surface area (Å²) in [5, 5.41) is 10.6. The average Bonchev–Trinajstić information content (AvgIpc) is 2.68. The van der Waals surface area contributed by atoms with Crippen LogP contribution in [0.1, 0.15) is 401 Å². The lowest BCUT2D eigenvalue weighted by atomic mass is 10.0. The minimum absolute atomic E-state index is 0.108. The Morgan fingerprint density at radius 2 is 0.484 bits per heavy atom. The third kappa shape index (κ3) is 70.3. The standard InChI is InChI=1S/C76H148O17P2/c1-6-9-12-15-18-21-23-25-27-29-32-36-40-45-50-55-60-74(79)87-66-72(93-76(81)62-57-52-47-42-38-34-30-31-35-39-43-48-53-58-69(4)5)68-91-95(84,85)89-64-70(77)63-88-94(82,83)90-67-71(65-86-73(78)59-54-49-44-20-17-14-11-8-3)92-75(80)61-56-51-46-41-37-33-28-26-24-22-19-16-13-10-7-2/h69-72,77H,6-68H2,1-5H3,(H,82,83)(H,84,85)/t70-,71+,72+/m0/s1. The quantitative estimate of drug-likeness (QED) is 0.0222. The van der Waals surface area contributed by atoms with Gasteiger partial charge in [0.05, 0.1) is 26.4 Å². The van der Waals surface area contributed by atoms with Crippen LogP contribution in [-0.2, 0) is 65.4 Å². The van der Waals surface area contributed by atoms with Gasteiger partial charge in [0.2, 0.25) is 0 Å². The van der Waals surface area contributed by atoms with E-state index in [9.17, 15) is 43.2 Å². The molecule has 0 bridgehead atoms. The number of carbonyl (C=O) groups is 4. The molecule has 0 aromatic carbocycles. The largest absolute Gasteiger partial charge is 0.472 e. The molecule has 0 spiro atoms. The molecule has 0 heterocycles. The number of phosphoric acid groups is 2. The summed E-state index contributed by atoms with van der Waals surface area (Å²) in [5.41, 5.74) is 0. The minimum atomic E-state index is -4.96. The van der Waals surface area contributed by atoms with E-state index in [4.69, 9.17) is 37.0 Å². The smallest absolute Gasteiger partial charge is 0.462 e. The number of phosphoric ester groups is 2. The highest BCUT2D eigenvalue weighted by molar-refractivity contribution is 7.47. The highest BCUT2D eigenvalue weighted by Gasteiger charge is 2.30. The van der Waals surface area contributed by atoms with Crippen LogP contribution >= 0.6 is 15.6 Å². The predicted octanol–water partition coefficient (Wildman–Crippen LogP) is 22.5. The van der Waals surface area contributed by atoms with Crippen molar-refractivity contribution in [2.45, 2.75) is 419 Å². The third-order valence-electron chi connectivity index (χ3n) is 17.8. The van der Waals surface area contributed by atoms with E-state index in [1.54, 1.807) is 0 Å². The molecule has 0 saturated carbocycles. The van der Waals surface area contributed by atoms with Gasteiger partial charge in [-0.05, 0) is 31.6 Å². The van der Waals surface area contributed by atoms with Crippen LogP contribution < -0.4 is 0 Å². The van der Waals surface area contributed by atoms with Crippen molar-refractivity contribution >= 4 is 39.5 Å². The predicted molar refractivity (Wildman–Crippen MR) is 386 cm³/mol. The fourth-order valence-corrected chi connectivity index (χ4v) is 13.3. The molecule has 5 atom stereocenters. The van der Waals surface area contributed by atoms with Gasteiger partial charge >= 0.3 is 39.5 Å². The normalized spacial score (nSPS) is 13.9. The van der Waals surface area contributed by atoms with Gasteiger partial charge in [0.15, 0.2) is 12.2 Å². The summed E-state index contributed by atoms with van der Waals surface area (Å²) in [6.45, 7) is 7.29. The van der Waals surface area contributed by atoms with Crippen LogP contribution in [-0.4, -0.2) is 96.7 Å². The molecule has 19 heteroatoms. The monoisotopic (exact) mass is 1400 g/mol. The Kier molecular flexibility index (Phi) is 67.7. The molecule has 0 aliphatic rings. The maximum absolute atomic E-state index is 13.1. The number of hydrogen-bond acceptors (Lipinski definition) is 15. The Labute approximate surface area is 581 Å². The van der Waals surface area contributed by atoms with Crippen LogP contribution in [0.5, 0.6) is 0 Å². The van der Waals surface area contributed by atoms with Crippen molar-refractivity contribution in [3.63, 3.8) is 0 Å². The van der Waals surface area contributed by atoms with Gasteiger partial charge in [-0.25, -0.2) is 9.13 Å². The Hall–Kier alpha value is -1.94. The molecule has 0 saturated heterocycles. The summed E-state index contributed by atoms with van der Waals surface area (Å²) in [4.78, 5) is 72.8. The lowest BCUT2D eigenvalue weighted by Gasteiger charge is -2.21. The Morgan fingerprint density at radius 1 is 0.284 bits per heavy atom. The molecular formula is C76H148O17P2. The number of unbranched alkanes of at least 4 members (excludes halogenated alkanes) is 48. The zero-order chi connectivity index (χ0) is 69.8. The van der Waals surface area contributed by atoms with E-state index in [2.05, 4.69) is 34.6 Å². The molecule has 0 fully saturated rings. The highest BCUT2D eigenvalue weighted by Crippen LogP contribution is 2.45. The number of esters is 4. The Balaban J connectivity index is 5.21. The van der Waals surface area contributed by atoms with Crippen molar-refractivity contribution < 1.29 is 80.2 Å². The SMILES string of the molecule is CCCCCCCCCCCCCCCCCCC(=O)OC[C@H](COP(=O)(O)OC[C@@H](O)COP(=O)(O)OC[C@@H](COC(=O)CCCCCCCCCC)OC(=O)CCCCCCCCCCCCCCCCC)OC(=O)CCCCCCCCCCCCCCCC(C)C. The molecule has 2 unspecified atom stereocenters. The lowest BCUT2D eigenvalue weighted by Crippen LogP contribution is -2.30. The molecule has 17 nitrogen and oxygen atoms in total. The van der Waals surface area contributed by atoms with E-state index < -0.39 is 97.5 Å². The van der Waals surface area contributed by atoms with Crippen molar-refractivity contribution in [2.75, 3.05) is 39.6 Å². The molecule has 0 aromatic rings. The van der Waals surface area contributed by atoms with Crippen molar-refractivity contribution in [3.8, 4) is 0 Å². The maximum atomic E-state index is 13.1. The molecule has 95 heavy (non-hydrogen) atoms. The second kappa shape index (κ2) is 69.2. The van der Waals surface area contributed by atoms with Gasteiger partial charge in [-0.1, -0.05) is 349 Å². The van der Waals surface area contributed by atoms with E-state index in [1.165, 1.54) is 218 Å². The molecule has 0 radical (unpaired) electrons.